The number of hydrogen-bond acceptors (Lipinski definition) is 4. The van der Waals surface area contributed by atoms with E-state index < -0.39 is 5.97 Å². The SMILES string of the molecule is COc1ccc(C(=O)NCCCc2cccc(OCC(=O)O)c2)c(CCC(c2ccccc2)c2ccccc2)c1. The third-order valence-corrected chi connectivity index (χ3v) is 6.85. The lowest BCUT2D eigenvalue weighted by atomic mass is 9.85. The highest BCUT2D eigenvalue weighted by Crippen LogP contribution is 2.30. The molecule has 4 rings (SSSR count). The summed E-state index contributed by atoms with van der Waals surface area (Å²) < 4.78 is 10.7. The lowest BCUT2D eigenvalue weighted by Gasteiger charge is -2.19. The molecule has 0 fully saturated rings. The number of methoxy groups -OCH3 is 1. The van der Waals surface area contributed by atoms with Gasteiger partial charge in [-0.25, -0.2) is 4.79 Å². The number of carbonyl (C=O) groups excluding carboxylic acids is 1. The Balaban J connectivity index is 1.40. The van der Waals surface area contributed by atoms with Crippen molar-refractivity contribution in [1.29, 1.82) is 0 Å². The van der Waals surface area contributed by atoms with E-state index in [1.54, 1.807) is 13.2 Å². The van der Waals surface area contributed by atoms with Gasteiger partial charge in [-0.3, -0.25) is 4.79 Å². The third kappa shape index (κ3) is 8.21. The zero-order chi connectivity index (χ0) is 28.2. The van der Waals surface area contributed by atoms with Crippen LogP contribution >= 0.6 is 0 Å². The zero-order valence-corrected chi connectivity index (χ0v) is 22.7. The van der Waals surface area contributed by atoms with Crippen LogP contribution in [0.15, 0.2) is 103 Å². The normalized spacial score (nSPS) is 10.8. The number of aryl methyl sites for hydroxylation is 2. The number of aliphatic carboxylic acids is 1. The smallest absolute Gasteiger partial charge is 0.341 e. The van der Waals surface area contributed by atoms with Gasteiger partial charge in [0.1, 0.15) is 11.5 Å². The second-order valence-electron chi connectivity index (χ2n) is 9.62. The molecular weight excluding hydrogens is 502 g/mol. The molecule has 4 aromatic rings. The lowest BCUT2D eigenvalue weighted by molar-refractivity contribution is -0.139. The first-order valence-corrected chi connectivity index (χ1v) is 13.5. The number of carboxylic acid groups (broad SMARTS) is 1. The molecule has 0 unspecified atom stereocenters. The van der Waals surface area contributed by atoms with Crippen LogP contribution in [0.5, 0.6) is 11.5 Å². The van der Waals surface area contributed by atoms with Crippen molar-refractivity contribution in [2.75, 3.05) is 20.3 Å². The molecular formula is C34H35NO5. The van der Waals surface area contributed by atoms with Crippen LogP contribution in [0.1, 0.15) is 51.4 Å². The molecule has 6 heteroatoms. The van der Waals surface area contributed by atoms with Gasteiger partial charge in [0.25, 0.3) is 5.91 Å². The molecule has 6 nitrogen and oxygen atoms in total. The van der Waals surface area contributed by atoms with E-state index in [2.05, 4.69) is 53.8 Å². The highest BCUT2D eigenvalue weighted by atomic mass is 16.5. The van der Waals surface area contributed by atoms with Crippen LogP contribution in [-0.4, -0.2) is 37.2 Å². The first-order valence-electron chi connectivity index (χ1n) is 13.5. The molecule has 0 aliphatic rings. The Kier molecular flexibility index (Phi) is 10.3. The first kappa shape index (κ1) is 28.4. The van der Waals surface area contributed by atoms with Gasteiger partial charge in [0.05, 0.1) is 7.11 Å². The van der Waals surface area contributed by atoms with Crippen LogP contribution in [0.2, 0.25) is 0 Å². The molecule has 4 aromatic carbocycles. The number of carbonyl (C=O) groups is 2. The summed E-state index contributed by atoms with van der Waals surface area (Å²) in [6.45, 7) is 0.141. The average Bonchev–Trinajstić information content (AvgIpc) is 2.99. The fourth-order valence-corrected chi connectivity index (χ4v) is 4.85. The molecule has 0 aliphatic heterocycles. The fourth-order valence-electron chi connectivity index (χ4n) is 4.85. The predicted octanol–water partition coefficient (Wildman–Crippen LogP) is 6.29. The van der Waals surface area contributed by atoms with Crippen molar-refractivity contribution < 1.29 is 24.2 Å². The molecule has 0 aliphatic carbocycles. The van der Waals surface area contributed by atoms with Crippen molar-refractivity contribution in [3.63, 3.8) is 0 Å². The number of hydrogen-bond donors (Lipinski definition) is 2. The van der Waals surface area contributed by atoms with Gasteiger partial charge < -0.3 is 19.9 Å². The minimum absolute atomic E-state index is 0.104. The Labute approximate surface area is 235 Å². The van der Waals surface area contributed by atoms with Gasteiger partial charge in [0, 0.05) is 18.0 Å². The quantitative estimate of drug-likeness (QED) is 0.185. The minimum atomic E-state index is -1.01. The second-order valence-corrected chi connectivity index (χ2v) is 9.62. The van der Waals surface area contributed by atoms with Crippen LogP contribution in [0, 0.1) is 0 Å². The molecule has 0 radical (unpaired) electrons. The molecule has 0 saturated carbocycles. The Morgan fingerprint density at radius 2 is 1.50 bits per heavy atom. The summed E-state index contributed by atoms with van der Waals surface area (Å²) in [5.41, 5.74) is 5.14. The summed E-state index contributed by atoms with van der Waals surface area (Å²) in [5.74, 6) is 0.345. The summed E-state index contributed by atoms with van der Waals surface area (Å²) >= 11 is 0. The van der Waals surface area contributed by atoms with Crippen molar-refractivity contribution in [3.05, 3.63) is 131 Å². The lowest BCUT2D eigenvalue weighted by Crippen LogP contribution is -2.26. The predicted molar refractivity (Wildman–Crippen MR) is 156 cm³/mol. The largest absolute Gasteiger partial charge is 0.497 e. The molecule has 1 amide bonds. The number of carboxylic acids is 1. The highest BCUT2D eigenvalue weighted by molar-refractivity contribution is 5.95. The van der Waals surface area contributed by atoms with Gasteiger partial charge in [-0.15, -0.1) is 0 Å². The number of ether oxygens (including phenoxy) is 2. The number of benzene rings is 4. The van der Waals surface area contributed by atoms with E-state index in [0.717, 1.165) is 42.6 Å². The fraction of sp³-hybridized carbons (Fsp3) is 0.235. The van der Waals surface area contributed by atoms with E-state index >= 15 is 0 Å². The Hall–Kier alpha value is -4.58. The molecule has 0 atom stereocenters. The maximum Gasteiger partial charge on any atom is 0.341 e. The maximum absolute atomic E-state index is 13.2. The topological polar surface area (TPSA) is 84.9 Å². The van der Waals surface area contributed by atoms with Crippen LogP contribution in [-0.2, 0) is 17.6 Å². The van der Waals surface area contributed by atoms with Crippen molar-refractivity contribution >= 4 is 11.9 Å². The van der Waals surface area contributed by atoms with Crippen molar-refractivity contribution in [2.24, 2.45) is 0 Å². The van der Waals surface area contributed by atoms with E-state index in [1.165, 1.54) is 11.1 Å². The summed E-state index contributed by atoms with van der Waals surface area (Å²) in [5, 5.41) is 11.9. The van der Waals surface area contributed by atoms with Gasteiger partial charge in [-0.05, 0) is 78.3 Å². The molecule has 40 heavy (non-hydrogen) atoms. The molecule has 0 aromatic heterocycles. The van der Waals surface area contributed by atoms with E-state index in [-0.39, 0.29) is 18.4 Å². The van der Waals surface area contributed by atoms with Crippen molar-refractivity contribution in [1.82, 2.24) is 5.32 Å². The van der Waals surface area contributed by atoms with E-state index in [9.17, 15) is 9.59 Å². The van der Waals surface area contributed by atoms with Gasteiger partial charge in [-0.2, -0.15) is 0 Å². The van der Waals surface area contributed by atoms with Crippen molar-refractivity contribution in [3.8, 4) is 11.5 Å². The highest BCUT2D eigenvalue weighted by Gasteiger charge is 2.18. The van der Waals surface area contributed by atoms with Crippen LogP contribution in [0.3, 0.4) is 0 Å². The standard InChI is InChI=1S/C34H35NO5/c1-39-29-18-20-32(34(38)35-21-9-11-25-10-8-16-30(22-25)40-24-33(36)37)28(23-29)17-19-31(26-12-4-2-5-13-26)27-14-6-3-7-15-27/h2-8,10,12-16,18,20,22-23,31H,9,11,17,19,21,24H2,1H3,(H,35,38)(H,36,37). The van der Waals surface area contributed by atoms with E-state index in [1.807, 2.05) is 48.5 Å². The summed E-state index contributed by atoms with van der Waals surface area (Å²) in [6, 6.07) is 33.9. The average molecular weight is 538 g/mol. The van der Waals surface area contributed by atoms with Gasteiger partial charge in [-0.1, -0.05) is 72.8 Å². The van der Waals surface area contributed by atoms with Gasteiger partial charge >= 0.3 is 5.97 Å². The minimum Gasteiger partial charge on any atom is -0.497 e. The van der Waals surface area contributed by atoms with E-state index in [0.29, 0.717) is 17.9 Å². The Morgan fingerprint density at radius 1 is 0.800 bits per heavy atom. The number of rotatable bonds is 14. The molecule has 0 spiro atoms. The summed E-state index contributed by atoms with van der Waals surface area (Å²) in [4.78, 5) is 24.0. The van der Waals surface area contributed by atoms with Gasteiger partial charge in [0.2, 0.25) is 0 Å². The van der Waals surface area contributed by atoms with E-state index in [4.69, 9.17) is 14.6 Å². The number of nitrogens with one attached hydrogen (secondary N) is 1. The zero-order valence-electron chi connectivity index (χ0n) is 22.7. The van der Waals surface area contributed by atoms with Crippen LogP contribution in [0.25, 0.3) is 0 Å². The second kappa shape index (κ2) is 14.5. The summed E-state index contributed by atoms with van der Waals surface area (Å²) in [6.07, 6.45) is 3.04. The molecule has 0 heterocycles. The van der Waals surface area contributed by atoms with Crippen LogP contribution in [0.4, 0.5) is 0 Å². The molecule has 2 N–H and O–H groups in total. The van der Waals surface area contributed by atoms with Crippen LogP contribution < -0.4 is 14.8 Å². The Morgan fingerprint density at radius 3 is 2.15 bits per heavy atom. The number of amides is 1. The van der Waals surface area contributed by atoms with Crippen molar-refractivity contribution in [2.45, 2.75) is 31.6 Å². The van der Waals surface area contributed by atoms with Gasteiger partial charge in [0.15, 0.2) is 6.61 Å². The molecule has 0 saturated heterocycles. The third-order valence-electron chi connectivity index (χ3n) is 6.85. The Bertz CT molecular complexity index is 1350. The first-order chi connectivity index (χ1) is 19.5. The molecule has 206 valence electrons. The molecule has 0 bridgehead atoms. The maximum atomic E-state index is 13.2. The monoisotopic (exact) mass is 537 g/mol. The summed E-state index contributed by atoms with van der Waals surface area (Å²) in [7, 11) is 1.64.